The molecule has 0 aliphatic heterocycles. The van der Waals surface area contributed by atoms with Crippen molar-refractivity contribution < 1.29 is 29.0 Å². The van der Waals surface area contributed by atoms with Crippen molar-refractivity contribution in [3.8, 4) is 0 Å². The summed E-state index contributed by atoms with van der Waals surface area (Å²) >= 11 is 1.31. The third-order valence-electron chi connectivity index (χ3n) is 3.25. The van der Waals surface area contributed by atoms with E-state index in [0.29, 0.717) is 5.92 Å². The lowest BCUT2D eigenvalue weighted by molar-refractivity contribution is -0.164. The standard InChI is InChI=1S/C15H27NO6S/c1-5-11(6-2)9-23-12(14(18)19)8-16-15(20)22-10(4)21-13(17)7-3/h10-12H,5-9H2,1-4H3,(H,16,20)(H,18,19)/t10-,12-/m0/s1. The number of hydrogen-bond acceptors (Lipinski definition) is 6. The molecular formula is C15H27NO6S. The van der Waals surface area contributed by atoms with Crippen LogP contribution in [0.5, 0.6) is 0 Å². The zero-order chi connectivity index (χ0) is 17.8. The molecule has 0 unspecified atom stereocenters. The van der Waals surface area contributed by atoms with E-state index in [9.17, 15) is 19.5 Å². The second-order valence-corrected chi connectivity index (χ2v) is 6.28. The average molecular weight is 349 g/mol. The summed E-state index contributed by atoms with van der Waals surface area (Å²) in [6, 6.07) is 0. The molecule has 0 rings (SSSR count). The van der Waals surface area contributed by atoms with Crippen molar-refractivity contribution in [3.05, 3.63) is 0 Å². The molecule has 0 aliphatic rings. The molecule has 0 aromatic rings. The monoisotopic (exact) mass is 349 g/mol. The molecule has 0 radical (unpaired) electrons. The molecule has 0 aromatic carbocycles. The Balaban J connectivity index is 4.22. The van der Waals surface area contributed by atoms with Gasteiger partial charge in [-0.3, -0.25) is 9.59 Å². The number of carbonyl (C=O) groups is 3. The van der Waals surface area contributed by atoms with Crippen LogP contribution in [-0.4, -0.2) is 47.0 Å². The number of carboxylic acids is 1. The summed E-state index contributed by atoms with van der Waals surface area (Å²) in [6.45, 7) is 7.14. The lowest BCUT2D eigenvalue weighted by atomic mass is 10.1. The lowest BCUT2D eigenvalue weighted by Gasteiger charge is -2.18. The first-order valence-corrected chi connectivity index (χ1v) is 8.87. The quantitative estimate of drug-likeness (QED) is 0.436. The fraction of sp³-hybridized carbons (Fsp3) is 0.800. The van der Waals surface area contributed by atoms with E-state index in [1.165, 1.54) is 18.7 Å². The van der Waals surface area contributed by atoms with Crippen LogP contribution in [-0.2, 0) is 19.1 Å². The summed E-state index contributed by atoms with van der Waals surface area (Å²) in [5.74, 6) is -0.269. The third kappa shape index (κ3) is 10.0. The Morgan fingerprint density at radius 1 is 1.13 bits per heavy atom. The minimum absolute atomic E-state index is 0.0482. The van der Waals surface area contributed by atoms with Gasteiger partial charge in [0.15, 0.2) is 0 Å². The number of hydrogen-bond donors (Lipinski definition) is 2. The van der Waals surface area contributed by atoms with E-state index < -0.39 is 29.6 Å². The summed E-state index contributed by atoms with van der Waals surface area (Å²) in [6.07, 6.45) is 0.346. The number of nitrogens with one attached hydrogen (secondary N) is 1. The number of carboxylic acid groups (broad SMARTS) is 1. The molecule has 0 aliphatic carbocycles. The summed E-state index contributed by atoms with van der Waals surface area (Å²) in [4.78, 5) is 33.8. The molecule has 0 saturated carbocycles. The Bertz CT molecular complexity index is 386. The normalized spacial score (nSPS) is 13.3. The van der Waals surface area contributed by atoms with Crippen molar-refractivity contribution in [2.75, 3.05) is 12.3 Å². The largest absolute Gasteiger partial charge is 0.480 e. The Labute approximate surface area is 141 Å². The number of amides is 1. The SMILES string of the molecule is CCC(=O)O[C@H](C)OC(=O)NC[C@H](SCC(CC)CC)C(=O)O. The van der Waals surface area contributed by atoms with Gasteiger partial charge in [-0.05, 0) is 11.7 Å². The minimum Gasteiger partial charge on any atom is -0.480 e. The topological polar surface area (TPSA) is 102 Å². The number of thioether (sulfide) groups is 1. The lowest BCUT2D eigenvalue weighted by Crippen LogP contribution is -2.37. The summed E-state index contributed by atoms with van der Waals surface area (Å²) in [5, 5.41) is 10.8. The number of carbonyl (C=O) groups excluding carboxylic acids is 2. The van der Waals surface area contributed by atoms with Crippen LogP contribution >= 0.6 is 11.8 Å². The molecule has 23 heavy (non-hydrogen) atoms. The van der Waals surface area contributed by atoms with Gasteiger partial charge in [-0.2, -0.15) is 0 Å². The maximum absolute atomic E-state index is 11.6. The van der Waals surface area contributed by atoms with Crippen molar-refractivity contribution in [1.82, 2.24) is 5.32 Å². The molecule has 0 bridgehead atoms. The second-order valence-electron chi connectivity index (χ2n) is 5.04. The van der Waals surface area contributed by atoms with Crippen LogP contribution in [0.15, 0.2) is 0 Å². The van der Waals surface area contributed by atoms with Gasteiger partial charge in [0.05, 0.1) is 0 Å². The molecule has 1 amide bonds. The molecular weight excluding hydrogens is 322 g/mol. The average Bonchev–Trinajstić information content (AvgIpc) is 2.50. The first-order valence-electron chi connectivity index (χ1n) is 7.82. The Morgan fingerprint density at radius 2 is 1.74 bits per heavy atom. The summed E-state index contributed by atoms with van der Waals surface area (Å²) in [5.41, 5.74) is 0. The van der Waals surface area contributed by atoms with Crippen LogP contribution in [0.3, 0.4) is 0 Å². The van der Waals surface area contributed by atoms with E-state index in [-0.39, 0.29) is 13.0 Å². The second kappa shape index (κ2) is 12.0. The smallest absolute Gasteiger partial charge is 0.410 e. The van der Waals surface area contributed by atoms with Gasteiger partial charge in [-0.1, -0.05) is 33.6 Å². The van der Waals surface area contributed by atoms with Crippen molar-refractivity contribution in [3.63, 3.8) is 0 Å². The van der Waals surface area contributed by atoms with E-state index in [4.69, 9.17) is 9.47 Å². The molecule has 134 valence electrons. The Kier molecular flexibility index (Phi) is 11.3. The highest BCUT2D eigenvalue weighted by Gasteiger charge is 2.21. The zero-order valence-electron chi connectivity index (χ0n) is 14.2. The first kappa shape index (κ1) is 21.6. The van der Waals surface area contributed by atoms with E-state index in [1.807, 2.05) is 0 Å². The van der Waals surface area contributed by atoms with Crippen molar-refractivity contribution in [2.24, 2.45) is 5.92 Å². The maximum Gasteiger partial charge on any atom is 0.410 e. The highest BCUT2D eigenvalue weighted by Crippen LogP contribution is 2.19. The third-order valence-corrected chi connectivity index (χ3v) is 4.69. The number of esters is 1. The van der Waals surface area contributed by atoms with Crippen molar-refractivity contribution in [2.45, 2.75) is 58.5 Å². The first-order chi connectivity index (χ1) is 10.8. The number of aliphatic carboxylic acids is 1. The molecule has 8 heteroatoms. The number of ether oxygens (including phenoxy) is 2. The van der Waals surface area contributed by atoms with E-state index in [1.54, 1.807) is 6.92 Å². The number of alkyl carbamates (subject to hydrolysis) is 1. The highest BCUT2D eigenvalue weighted by molar-refractivity contribution is 8.00. The van der Waals surface area contributed by atoms with Crippen LogP contribution < -0.4 is 5.32 Å². The van der Waals surface area contributed by atoms with Gasteiger partial charge in [-0.25, -0.2) is 4.79 Å². The minimum atomic E-state index is -1.01. The molecule has 0 aromatic heterocycles. The van der Waals surface area contributed by atoms with Crippen LogP contribution in [0.2, 0.25) is 0 Å². The van der Waals surface area contributed by atoms with Gasteiger partial charge in [0.25, 0.3) is 0 Å². The van der Waals surface area contributed by atoms with Gasteiger partial charge < -0.3 is 19.9 Å². The van der Waals surface area contributed by atoms with E-state index in [0.717, 1.165) is 18.6 Å². The maximum atomic E-state index is 11.6. The molecule has 7 nitrogen and oxygen atoms in total. The molecule has 0 fully saturated rings. The van der Waals surface area contributed by atoms with Crippen LogP contribution in [0.1, 0.15) is 47.0 Å². The number of rotatable bonds is 11. The zero-order valence-corrected chi connectivity index (χ0v) is 15.0. The summed E-state index contributed by atoms with van der Waals surface area (Å²) in [7, 11) is 0. The molecule has 2 atom stereocenters. The fourth-order valence-corrected chi connectivity index (χ4v) is 2.97. The predicted octanol–water partition coefficient (Wildman–Crippen LogP) is 2.63. The van der Waals surface area contributed by atoms with Crippen molar-refractivity contribution in [1.29, 1.82) is 0 Å². The van der Waals surface area contributed by atoms with Gasteiger partial charge in [0, 0.05) is 19.9 Å². The molecule has 0 heterocycles. The van der Waals surface area contributed by atoms with Crippen molar-refractivity contribution >= 4 is 29.8 Å². The Hall–Kier alpha value is -1.44. The van der Waals surface area contributed by atoms with E-state index in [2.05, 4.69) is 19.2 Å². The van der Waals surface area contributed by atoms with Gasteiger partial charge in [-0.15, -0.1) is 11.8 Å². The Morgan fingerprint density at radius 3 is 2.22 bits per heavy atom. The molecule has 2 N–H and O–H groups in total. The molecule has 0 spiro atoms. The predicted molar refractivity (Wildman–Crippen MR) is 88.3 cm³/mol. The highest BCUT2D eigenvalue weighted by atomic mass is 32.2. The fourth-order valence-electron chi connectivity index (χ4n) is 1.66. The molecule has 0 saturated heterocycles. The van der Waals surface area contributed by atoms with Gasteiger partial charge in [0.2, 0.25) is 6.29 Å². The van der Waals surface area contributed by atoms with Gasteiger partial charge in [0.1, 0.15) is 5.25 Å². The van der Waals surface area contributed by atoms with Crippen LogP contribution in [0.4, 0.5) is 4.79 Å². The van der Waals surface area contributed by atoms with Crippen LogP contribution in [0, 0.1) is 5.92 Å². The summed E-state index contributed by atoms with van der Waals surface area (Å²) < 4.78 is 9.61. The van der Waals surface area contributed by atoms with Crippen LogP contribution in [0.25, 0.3) is 0 Å². The van der Waals surface area contributed by atoms with E-state index >= 15 is 0 Å². The van der Waals surface area contributed by atoms with Gasteiger partial charge >= 0.3 is 18.0 Å².